The van der Waals surface area contributed by atoms with E-state index in [1.807, 2.05) is 12.1 Å². The smallest absolute Gasteiger partial charge is 0.119 e. The van der Waals surface area contributed by atoms with Crippen LogP contribution in [0.3, 0.4) is 0 Å². The molecule has 0 saturated heterocycles. The van der Waals surface area contributed by atoms with E-state index in [4.69, 9.17) is 9.47 Å². The Hall–Kier alpha value is -1.06. The Morgan fingerprint density at radius 3 is 2.25 bits per heavy atom. The van der Waals surface area contributed by atoms with Crippen molar-refractivity contribution in [2.75, 3.05) is 26.3 Å². The summed E-state index contributed by atoms with van der Waals surface area (Å²) in [4.78, 5) is 0. The molecular weight excluding hydrogens is 250 g/mol. The number of hydrogen-bond acceptors (Lipinski definition) is 3. The highest BCUT2D eigenvalue weighted by Gasteiger charge is 1.99. The zero-order valence-corrected chi connectivity index (χ0v) is 13.3. The average Bonchev–Trinajstić information content (AvgIpc) is 2.42. The van der Waals surface area contributed by atoms with Gasteiger partial charge in [-0.2, -0.15) is 0 Å². The Morgan fingerprint density at radius 1 is 0.950 bits per heavy atom. The lowest BCUT2D eigenvalue weighted by Gasteiger charge is -2.10. The molecule has 0 aromatic heterocycles. The summed E-state index contributed by atoms with van der Waals surface area (Å²) in [7, 11) is 0. The van der Waals surface area contributed by atoms with E-state index in [1.165, 1.54) is 5.56 Å². The molecule has 114 valence electrons. The van der Waals surface area contributed by atoms with E-state index in [1.54, 1.807) is 0 Å². The molecule has 0 heterocycles. The van der Waals surface area contributed by atoms with Gasteiger partial charge in [-0.05, 0) is 50.4 Å². The molecule has 1 rings (SSSR count). The maximum Gasteiger partial charge on any atom is 0.119 e. The Balaban J connectivity index is 2.03. The van der Waals surface area contributed by atoms with Crippen molar-refractivity contribution in [1.29, 1.82) is 0 Å². The summed E-state index contributed by atoms with van der Waals surface area (Å²) in [6.07, 6.45) is 1.37. The second-order valence-electron chi connectivity index (χ2n) is 5.60. The summed E-state index contributed by atoms with van der Waals surface area (Å²) >= 11 is 0. The van der Waals surface area contributed by atoms with Crippen molar-refractivity contribution in [1.82, 2.24) is 5.32 Å². The van der Waals surface area contributed by atoms with Crippen LogP contribution >= 0.6 is 0 Å². The number of nitrogens with one attached hydrogen (secondary N) is 1. The first-order valence-electron chi connectivity index (χ1n) is 7.64. The molecule has 0 bridgehead atoms. The minimum absolute atomic E-state index is 0.326. The fourth-order valence-electron chi connectivity index (χ4n) is 1.83. The monoisotopic (exact) mass is 279 g/mol. The van der Waals surface area contributed by atoms with Crippen LogP contribution in [-0.4, -0.2) is 32.4 Å². The third kappa shape index (κ3) is 7.51. The normalized spacial score (nSPS) is 11.3. The van der Waals surface area contributed by atoms with Crippen LogP contribution in [0.25, 0.3) is 0 Å². The van der Waals surface area contributed by atoms with E-state index in [2.05, 4.69) is 45.1 Å². The van der Waals surface area contributed by atoms with Gasteiger partial charge in [0, 0.05) is 13.2 Å². The first kappa shape index (κ1) is 17.0. The van der Waals surface area contributed by atoms with Gasteiger partial charge in [-0.1, -0.05) is 26.0 Å². The molecule has 0 amide bonds. The molecule has 0 aliphatic rings. The van der Waals surface area contributed by atoms with Gasteiger partial charge in [0.25, 0.3) is 0 Å². The van der Waals surface area contributed by atoms with Crippen molar-refractivity contribution >= 4 is 0 Å². The highest BCUT2D eigenvalue weighted by molar-refractivity contribution is 5.28. The third-order valence-electron chi connectivity index (χ3n) is 3.04. The molecule has 0 saturated carbocycles. The Labute approximate surface area is 123 Å². The van der Waals surface area contributed by atoms with Crippen molar-refractivity contribution in [3.63, 3.8) is 0 Å². The first-order chi connectivity index (χ1) is 9.59. The average molecular weight is 279 g/mol. The SMILES string of the molecule is CC(C)OCCCNCCOc1ccc(C(C)C)cc1. The van der Waals surface area contributed by atoms with Gasteiger partial charge in [0.05, 0.1) is 6.10 Å². The van der Waals surface area contributed by atoms with Crippen LogP contribution in [0.5, 0.6) is 5.75 Å². The van der Waals surface area contributed by atoms with E-state index < -0.39 is 0 Å². The lowest BCUT2D eigenvalue weighted by Crippen LogP contribution is -2.23. The first-order valence-corrected chi connectivity index (χ1v) is 7.64. The molecule has 0 aliphatic carbocycles. The summed E-state index contributed by atoms with van der Waals surface area (Å²) in [5.74, 6) is 1.51. The van der Waals surface area contributed by atoms with Crippen LogP contribution in [-0.2, 0) is 4.74 Å². The van der Waals surface area contributed by atoms with Crippen molar-refractivity contribution < 1.29 is 9.47 Å². The molecule has 1 aromatic rings. The maximum atomic E-state index is 5.69. The third-order valence-corrected chi connectivity index (χ3v) is 3.04. The fourth-order valence-corrected chi connectivity index (χ4v) is 1.83. The van der Waals surface area contributed by atoms with Crippen molar-refractivity contribution in [2.24, 2.45) is 0 Å². The molecule has 1 N–H and O–H groups in total. The molecule has 0 atom stereocenters. The summed E-state index contributed by atoms with van der Waals surface area (Å²) in [5.41, 5.74) is 1.35. The van der Waals surface area contributed by atoms with E-state index in [-0.39, 0.29) is 0 Å². The second kappa shape index (κ2) is 9.78. The van der Waals surface area contributed by atoms with Crippen molar-refractivity contribution in [2.45, 2.75) is 46.1 Å². The van der Waals surface area contributed by atoms with Crippen LogP contribution in [0.1, 0.15) is 45.6 Å². The molecule has 0 radical (unpaired) electrons. The molecule has 0 fully saturated rings. The van der Waals surface area contributed by atoms with E-state index in [9.17, 15) is 0 Å². The second-order valence-corrected chi connectivity index (χ2v) is 5.60. The van der Waals surface area contributed by atoms with Crippen LogP contribution < -0.4 is 10.1 Å². The largest absolute Gasteiger partial charge is 0.492 e. The Bertz CT molecular complexity index is 347. The Kier molecular flexibility index (Phi) is 8.31. The number of hydrogen-bond donors (Lipinski definition) is 1. The van der Waals surface area contributed by atoms with Gasteiger partial charge < -0.3 is 14.8 Å². The van der Waals surface area contributed by atoms with Crippen LogP contribution in [0, 0.1) is 0 Å². The molecule has 1 aromatic carbocycles. The standard InChI is InChI=1S/C17H29NO2/c1-14(2)16-6-8-17(9-7-16)20-13-11-18-10-5-12-19-15(3)4/h6-9,14-15,18H,5,10-13H2,1-4H3. The molecular formula is C17H29NO2. The zero-order chi connectivity index (χ0) is 14.8. The van der Waals surface area contributed by atoms with Crippen LogP contribution in [0.15, 0.2) is 24.3 Å². The van der Waals surface area contributed by atoms with Gasteiger partial charge in [0.15, 0.2) is 0 Å². The lowest BCUT2D eigenvalue weighted by atomic mass is 10.0. The summed E-state index contributed by atoms with van der Waals surface area (Å²) in [6.45, 7) is 11.9. The lowest BCUT2D eigenvalue weighted by molar-refractivity contribution is 0.0770. The maximum absolute atomic E-state index is 5.69. The zero-order valence-electron chi connectivity index (χ0n) is 13.3. The van der Waals surface area contributed by atoms with Gasteiger partial charge in [-0.15, -0.1) is 0 Å². The van der Waals surface area contributed by atoms with E-state index >= 15 is 0 Å². The molecule has 3 heteroatoms. The number of rotatable bonds is 10. The molecule has 3 nitrogen and oxygen atoms in total. The predicted molar refractivity (Wildman–Crippen MR) is 84.6 cm³/mol. The van der Waals surface area contributed by atoms with Gasteiger partial charge >= 0.3 is 0 Å². The van der Waals surface area contributed by atoms with E-state index in [0.29, 0.717) is 18.6 Å². The highest BCUT2D eigenvalue weighted by atomic mass is 16.5. The molecule has 20 heavy (non-hydrogen) atoms. The molecule has 0 spiro atoms. The van der Waals surface area contributed by atoms with E-state index in [0.717, 1.165) is 31.9 Å². The van der Waals surface area contributed by atoms with Gasteiger partial charge in [-0.25, -0.2) is 0 Å². The van der Waals surface area contributed by atoms with Crippen molar-refractivity contribution in [3.05, 3.63) is 29.8 Å². The summed E-state index contributed by atoms with van der Waals surface area (Å²) in [5, 5.41) is 3.35. The number of ether oxygens (including phenoxy) is 2. The summed E-state index contributed by atoms with van der Waals surface area (Å²) in [6, 6.07) is 8.37. The minimum atomic E-state index is 0.326. The fraction of sp³-hybridized carbons (Fsp3) is 0.647. The predicted octanol–water partition coefficient (Wildman–Crippen LogP) is 3.59. The van der Waals surface area contributed by atoms with Crippen LogP contribution in [0.2, 0.25) is 0 Å². The minimum Gasteiger partial charge on any atom is -0.492 e. The molecule has 0 unspecified atom stereocenters. The number of benzene rings is 1. The highest BCUT2D eigenvalue weighted by Crippen LogP contribution is 2.18. The van der Waals surface area contributed by atoms with Gasteiger partial charge in [-0.3, -0.25) is 0 Å². The quantitative estimate of drug-likeness (QED) is 0.664. The van der Waals surface area contributed by atoms with Gasteiger partial charge in [0.1, 0.15) is 12.4 Å². The Morgan fingerprint density at radius 2 is 1.65 bits per heavy atom. The van der Waals surface area contributed by atoms with Crippen molar-refractivity contribution in [3.8, 4) is 5.75 Å². The molecule has 0 aliphatic heterocycles. The topological polar surface area (TPSA) is 30.5 Å². The van der Waals surface area contributed by atoms with Crippen LogP contribution in [0.4, 0.5) is 0 Å². The van der Waals surface area contributed by atoms with Gasteiger partial charge in [0.2, 0.25) is 0 Å². The summed E-state index contributed by atoms with van der Waals surface area (Å²) < 4.78 is 11.2.